The lowest BCUT2D eigenvalue weighted by Crippen LogP contribution is -2.27. The van der Waals surface area contributed by atoms with Crippen molar-refractivity contribution in [2.45, 2.75) is 52.0 Å². The molecule has 1 aliphatic rings. The molecule has 2 heterocycles. The van der Waals surface area contributed by atoms with Crippen molar-refractivity contribution in [2.75, 3.05) is 7.05 Å². The minimum absolute atomic E-state index is 0.0446. The number of hydrogen-bond donors (Lipinski definition) is 1. The van der Waals surface area contributed by atoms with Crippen molar-refractivity contribution in [2.24, 2.45) is 0 Å². The number of nitrogens with zero attached hydrogens (tertiary/aromatic N) is 4. The van der Waals surface area contributed by atoms with Gasteiger partial charge >= 0.3 is 0 Å². The van der Waals surface area contributed by atoms with Crippen molar-refractivity contribution in [3.8, 4) is 11.4 Å². The summed E-state index contributed by atoms with van der Waals surface area (Å²) >= 11 is 0. The van der Waals surface area contributed by atoms with Gasteiger partial charge in [0.25, 0.3) is 0 Å². The number of benzene rings is 1. The summed E-state index contributed by atoms with van der Waals surface area (Å²) in [4.78, 5) is 18.7. The molecule has 0 saturated carbocycles. The van der Waals surface area contributed by atoms with Crippen molar-refractivity contribution in [1.29, 1.82) is 0 Å². The van der Waals surface area contributed by atoms with Gasteiger partial charge in [-0.05, 0) is 43.7 Å². The van der Waals surface area contributed by atoms with E-state index in [2.05, 4.69) is 20.3 Å². The van der Waals surface area contributed by atoms with Crippen LogP contribution in [0.15, 0.2) is 28.8 Å². The van der Waals surface area contributed by atoms with E-state index in [1.54, 1.807) is 4.90 Å². The number of amides is 1. The minimum Gasteiger partial charge on any atom is -0.340 e. The molecule has 0 atom stereocenters. The topological polar surface area (TPSA) is 87.9 Å². The van der Waals surface area contributed by atoms with Gasteiger partial charge in [-0.25, -0.2) is 0 Å². The molecular weight excluding hydrogens is 354 g/mol. The van der Waals surface area contributed by atoms with Crippen LogP contribution in [-0.2, 0) is 30.6 Å². The molecular formula is C21H25N5O2. The zero-order valence-electron chi connectivity index (χ0n) is 16.4. The maximum Gasteiger partial charge on any atom is 0.227 e. The van der Waals surface area contributed by atoms with Gasteiger partial charge in [-0.15, -0.1) is 0 Å². The van der Waals surface area contributed by atoms with Gasteiger partial charge in [-0.3, -0.25) is 9.89 Å². The monoisotopic (exact) mass is 379 g/mol. The van der Waals surface area contributed by atoms with Crippen LogP contribution in [0.1, 0.15) is 47.7 Å². The molecule has 0 saturated heterocycles. The summed E-state index contributed by atoms with van der Waals surface area (Å²) in [6.45, 7) is 2.54. The van der Waals surface area contributed by atoms with Gasteiger partial charge in [0.15, 0.2) is 0 Å². The number of aromatic amines is 1. The molecule has 28 heavy (non-hydrogen) atoms. The lowest BCUT2D eigenvalue weighted by Gasteiger charge is -2.17. The Morgan fingerprint density at radius 1 is 1.25 bits per heavy atom. The number of aromatic nitrogens is 4. The molecule has 146 valence electrons. The predicted octanol–water partition coefficient (Wildman–Crippen LogP) is 3.24. The van der Waals surface area contributed by atoms with Crippen LogP contribution in [0.25, 0.3) is 11.4 Å². The average molecular weight is 379 g/mol. The van der Waals surface area contributed by atoms with Crippen LogP contribution < -0.4 is 0 Å². The zero-order chi connectivity index (χ0) is 19.5. The Morgan fingerprint density at radius 3 is 2.93 bits per heavy atom. The van der Waals surface area contributed by atoms with E-state index in [-0.39, 0.29) is 5.91 Å². The Labute approximate surface area is 164 Å². The van der Waals surface area contributed by atoms with Gasteiger partial charge in [0.2, 0.25) is 17.6 Å². The van der Waals surface area contributed by atoms with E-state index in [0.29, 0.717) is 31.1 Å². The minimum atomic E-state index is 0.0446. The van der Waals surface area contributed by atoms with E-state index >= 15 is 0 Å². The molecule has 0 aliphatic heterocycles. The summed E-state index contributed by atoms with van der Waals surface area (Å²) in [5.41, 5.74) is 5.56. The van der Waals surface area contributed by atoms with Crippen LogP contribution in [0.3, 0.4) is 0 Å². The second-order valence-electron chi connectivity index (χ2n) is 7.41. The number of fused-ring (bicyclic) bond motifs is 1. The van der Waals surface area contributed by atoms with Crippen LogP contribution >= 0.6 is 0 Å². The number of carbonyl (C=O) groups is 1. The number of hydrogen-bond acceptors (Lipinski definition) is 5. The Hall–Kier alpha value is -2.96. The van der Waals surface area contributed by atoms with Crippen molar-refractivity contribution in [3.63, 3.8) is 0 Å². The van der Waals surface area contributed by atoms with Gasteiger partial charge in [-0.1, -0.05) is 29.4 Å². The Balaban J connectivity index is 1.34. The normalized spacial score (nSPS) is 13.4. The van der Waals surface area contributed by atoms with Crippen LogP contribution in [-0.4, -0.2) is 38.2 Å². The summed E-state index contributed by atoms with van der Waals surface area (Å²) in [5, 5.41) is 11.6. The van der Waals surface area contributed by atoms with Crippen molar-refractivity contribution < 1.29 is 9.32 Å². The maximum absolute atomic E-state index is 12.5. The number of nitrogens with one attached hydrogen (secondary N) is 1. The molecule has 7 heteroatoms. The largest absolute Gasteiger partial charge is 0.340 e. The molecule has 0 radical (unpaired) electrons. The summed E-state index contributed by atoms with van der Waals surface area (Å²) < 4.78 is 5.34. The molecule has 0 spiro atoms. The molecule has 0 bridgehead atoms. The second kappa shape index (κ2) is 7.96. The van der Waals surface area contributed by atoms with Gasteiger partial charge in [0, 0.05) is 31.1 Å². The van der Waals surface area contributed by atoms with Crippen LogP contribution in [0, 0.1) is 6.92 Å². The summed E-state index contributed by atoms with van der Waals surface area (Å²) in [7, 11) is 1.82. The third-order valence-electron chi connectivity index (χ3n) is 5.36. The van der Waals surface area contributed by atoms with Crippen molar-refractivity contribution in [1.82, 2.24) is 25.2 Å². The molecule has 0 unspecified atom stereocenters. The highest BCUT2D eigenvalue weighted by atomic mass is 16.5. The quantitative estimate of drug-likeness (QED) is 0.710. The van der Waals surface area contributed by atoms with E-state index in [0.717, 1.165) is 29.7 Å². The Bertz CT molecular complexity index is 975. The van der Waals surface area contributed by atoms with Crippen LogP contribution in [0.5, 0.6) is 0 Å². The first-order valence-corrected chi connectivity index (χ1v) is 9.79. The number of H-pyrrole nitrogens is 1. The second-order valence-corrected chi connectivity index (χ2v) is 7.41. The molecule has 1 N–H and O–H groups in total. The maximum atomic E-state index is 12.5. The van der Waals surface area contributed by atoms with Gasteiger partial charge in [0.1, 0.15) is 0 Å². The van der Waals surface area contributed by atoms with E-state index in [4.69, 9.17) is 4.52 Å². The predicted molar refractivity (Wildman–Crippen MR) is 104 cm³/mol. The average Bonchev–Trinajstić information content (AvgIpc) is 3.34. The first-order valence-electron chi connectivity index (χ1n) is 9.79. The highest BCUT2D eigenvalue weighted by Gasteiger charge is 2.20. The van der Waals surface area contributed by atoms with Crippen molar-refractivity contribution in [3.05, 3.63) is 52.7 Å². The third kappa shape index (κ3) is 3.83. The van der Waals surface area contributed by atoms with Gasteiger partial charge in [-0.2, -0.15) is 10.1 Å². The zero-order valence-corrected chi connectivity index (χ0v) is 16.4. The summed E-state index contributed by atoms with van der Waals surface area (Å²) in [6, 6.07) is 7.90. The SMILES string of the molecule is Cc1ccccc1-c1noc(CCC(=O)N(C)Cc2n[nH]c3c2CCCC3)n1. The van der Waals surface area contributed by atoms with Gasteiger partial charge < -0.3 is 9.42 Å². The number of aryl methyl sites for hydroxylation is 3. The molecule has 7 nitrogen and oxygen atoms in total. The lowest BCUT2D eigenvalue weighted by molar-refractivity contribution is -0.130. The fourth-order valence-corrected chi connectivity index (χ4v) is 3.69. The first kappa shape index (κ1) is 18.4. The number of carbonyl (C=O) groups excluding carboxylic acids is 1. The highest BCUT2D eigenvalue weighted by molar-refractivity contribution is 5.76. The molecule has 1 amide bonds. The standard InChI is InChI=1S/C21H25N5O2/c1-14-7-3-4-8-15(14)21-22-19(28-25-21)11-12-20(27)26(2)13-18-16-9-5-6-10-17(16)23-24-18/h3-4,7-8H,5-6,9-13H2,1-2H3,(H,23,24). The Morgan fingerprint density at radius 2 is 2.07 bits per heavy atom. The Kier molecular flexibility index (Phi) is 5.23. The van der Waals surface area contributed by atoms with E-state index in [9.17, 15) is 4.79 Å². The third-order valence-corrected chi connectivity index (χ3v) is 5.36. The smallest absolute Gasteiger partial charge is 0.227 e. The van der Waals surface area contributed by atoms with Crippen LogP contribution in [0.2, 0.25) is 0 Å². The lowest BCUT2D eigenvalue weighted by atomic mass is 9.96. The van der Waals surface area contributed by atoms with Gasteiger partial charge in [0.05, 0.1) is 12.2 Å². The molecule has 1 aromatic carbocycles. The van der Waals surface area contributed by atoms with E-state index in [1.165, 1.54) is 24.1 Å². The molecule has 3 aromatic rings. The first-order chi connectivity index (χ1) is 13.6. The molecule has 4 rings (SSSR count). The molecule has 2 aromatic heterocycles. The summed E-state index contributed by atoms with van der Waals surface area (Å²) in [5.74, 6) is 1.09. The number of rotatable bonds is 6. The molecule has 0 fully saturated rings. The molecule has 1 aliphatic carbocycles. The fourth-order valence-electron chi connectivity index (χ4n) is 3.69. The fraction of sp³-hybridized carbons (Fsp3) is 0.429. The van der Waals surface area contributed by atoms with Crippen LogP contribution in [0.4, 0.5) is 0 Å². The van der Waals surface area contributed by atoms with E-state index < -0.39 is 0 Å². The van der Waals surface area contributed by atoms with E-state index in [1.807, 2.05) is 38.2 Å². The van der Waals surface area contributed by atoms with Crippen molar-refractivity contribution >= 4 is 5.91 Å². The highest BCUT2D eigenvalue weighted by Crippen LogP contribution is 2.23. The summed E-state index contributed by atoms with van der Waals surface area (Å²) in [6.07, 6.45) is 5.27.